The summed E-state index contributed by atoms with van der Waals surface area (Å²) in [7, 11) is -6.52. The fourth-order valence-electron chi connectivity index (χ4n) is 3.35. The Balaban J connectivity index is 2.13. The highest BCUT2D eigenvalue weighted by Gasteiger charge is 2.49. The van der Waals surface area contributed by atoms with E-state index in [1.807, 2.05) is 13.0 Å². The van der Waals surface area contributed by atoms with Crippen LogP contribution in [0.25, 0.3) is 16.7 Å². The van der Waals surface area contributed by atoms with Crippen LogP contribution >= 0.6 is 0 Å². The molecule has 0 saturated heterocycles. The molecule has 0 N–H and O–H groups in total. The van der Waals surface area contributed by atoms with E-state index in [0.717, 1.165) is 30.5 Å². The van der Waals surface area contributed by atoms with E-state index >= 15 is 0 Å². The summed E-state index contributed by atoms with van der Waals surface area (Å²) in [5.74, 6) is -6.33. The van der Waals surface area contributed by atoms with Crippen molar-refractivity contribution in [2.45, 2.75) is 38.1 Å². The molecule has 0 spiro atoms. The maximum absolute atomic E-state index is 14.9. The average Bonchev–Trinajstić information content (AvgIpc) is 2.70. The molecule has 0 aliphatic heterocycles. The summed E-state index contributed by atoms with van der Waals surface area (Å²) in [6.45, 7) is 2.04. The third kappa shape index (κ3) is 5.62. The Morgan fingerprint density at radius 1 is 0.971 bits per heavy atom. The molecular weight excluding hydrogens is 500 g/mol. The van der Waals surface area contributed by atoms with Crippen molar-refractivity contribution >= 4 is 15.7 Å². The van der Waals surface area contributed by atoms with E-state index in [9.17, 15) is 43.5 Å². The van der Waals surface area contributed by atoms with Gasteiger partial charge in [-0.25, -0.2) is 4.39 Å². The number of halogens is 8. The topological polar surface area (TPSA) is 52.6 Å². The van der Waals surface area contributed by atoms with E-state index in [-0.39, 0.29) is 0 Å². The molecule has 186 valence electrons. The first-order chi connectivity index (χ1) is 15.6. The first-order valence-electron chi connectivity index (χ1n) is 9.67. The van der Waals surface area contributed by atoms with Gasteiger partial charge in [0.15, 0.2) is 11.5 Å². The molecule has 1 atom stereocenters. The molecule has 0 bridgehead atoms. The number of rotatable bonds is 5. The van der Waals surface area contributed by atoms with Gasteiger partial charge in [0.2, 0.25) is 5.82 Å². The SMILES string of the molecule is CC1CC=C(c2ccc(-c3ccc(OC(F)(F)F)c(F)c3OS(=O)(=O)C(F)(F)F)c(F)c2)CC1. The van der Waals surface area contributed by atoms with E-state index in [2.05, 4.69) is 8.92 Å². The van der Waals surface area contributed by atoms with Crippen molar-refractivity contribution in [1.82, 2.24) is 0 Å². The fourth-order valence-corrected chi connectivity index (χ4v) is 3.83. The normalized spacial score (nSPS) is 17.3. The van der Waals surface area contributed by atoms with Crippen molar-refractivity contribution in [3.05, 3.63) is 53.6 Å². The van der Waals surface area contributed by atoms with Crippen LogP contribution in [0.1, 0.15) is 31.7 Å². The van der Waals surface area contributed by atoms with Crippen molar-refractivity contribution in [3.63, 3.8) is 0 Å². The monoisotopic (exact) mass is 516 g/mol. The molecule has 0 aromatic heterocycles. The highest BCUT2D eigenvalue weighted by atomic mass is 32.2. The van der Waals surface area contributed by atoms with Gasteiger partial charge in [0, 0.05) is 11.1 Å². The number of alkyl halides is 6. The van der Waals surface area contributed by atoms with Gasteiger partial charge < -0.3 is 8.92 Å². The molecule has 1 unspecified atom stereocenters. The Bertz CT molecular complexity index is 1220. The van der Waals surface area contributed by atoms with Gasteiger partial charge in [0.05, 0.1) is 0 Å². The van der Waals surface area contributed by atoms with E-state index in [1.54, 1.807) is 0 Å². The van der Waals surface area contributed by atoms with E-state index < -0.39 is 56.2 Å². The smallest absolute Gasteiger partial charge is 0.402 e. The number of benzene rings is 2. The van der Waals surface area contributed by atoms with Crippen LogP contribution in [0.3, 0.4) is 0 Å². The summed E-state index contributed by atoms with van der Waals surface area (Å²) in [5, 5.41) is 0. The van der Waals surface area contributed by atoms with Crippen molar-refractivity contribution in [2.75, 3.05) is 0 Å². The minimum absolute atomic E-state index is 0.365. The van der Waals surface area contributed by atoms with Crippen molar-refractivity contribution in [1.29, 1.82) is 0 Å². The molecule has 0 radical (unpaired) electrons. The van der Waals surface area contributed by atoms with Crippen molar-refractivity contribution < 1.29 is 52.5 Å². The van der Waals surface area contributed by atoms with Crippen LogP contribution in [-0.2, 0) is 10.1 Å². The summed E-state index contributed by atoms with van der Waals surface area (Å²) in [4.78, 5) is 0. The lowest BCUT2D eigenvalue weighted by Crippen LogP contribution is -2.28. The van der Waals surface area contributed by atoms with Gasteiger partial charge in [-0.3, -0.25) is 0 Å². The third-order valence-electron chi connectivity index (χ3n) is 5.07. The van der Waals surface area contributed by atoms with Crippen molar-refractivity contribution in [2.24, 2.45) is 5.92 Å². The Morgan fingerprint density at radius 2 is 1.62 bits per heavy atom. The van der Waals surface area contributed by atoms with E-state index in [4.69, 9.17) is 0 Å². The van der Waals surface area contributed by atoms with Gasteiger partial charge in [0.25, 0.3) is 0 Å². The predicted molar refractivity (Wildman–Crippen MR) is 105 cm³/mol. The maximum Gasteiger partial charge on any atom is 0.573 e. The zero-order chi connectivity index (χ0) is 25.5. The Hall–Kier alpha value is -2.83. The standard InChI is InChI=1S/C21H16F8O4S/c1-11-2-4-12(5-3-11)13-6-7-14(16(22)10-13)15-8-9-17(32-20(24,25)26)18(23)19(15)33-34(30,31)21(27,28)29/h4,6-11H,2-3,5H2,1H3. The molecule has 4 nitrogen and oxygen atoms in total. The average molecular weight is 516 g/mol. The van der Waals surface area contributed by atoms with Crippen molar-refractivity contribution in [3.8, 4) is 22.6 Å². The first-order valence-corrected chi connectivity index (χ1v) is 11.1. The maximum atomic E-state index is 14.9. The van der Waals surface area contributed by atoms with Crippen LogP contribution in [0, 0.1) is 17.6 Å². The van der Waals surface area contributed by atoms with Crippen LogP contribution in [0.5, 0.6) is 11.5 Å². The molecule has 1 aliphatic rings. The van der Waals surface area contributed by atoms with Gasteiger partial charge in [-0.15, -0.1) is 13.2 Å². The number of hydrogen-bond acceptors (Lipinski definition) is 4. The zero-order valence-electron chi connectivity index (χ0n) is 17.2. The molecule has 34 heavy (non-hydrogen) atoms. The number of allylic oxidation sites excluding steroid dienone is 2. The lowest BCUT2D eigenvalue weighted by molar-refractivity contribution is -0.275. The molecule has 1 aliphatic carbocycles. The summed E-state index contributed by atoms with van der Waals surface area (Å²) >= 11 is 0. The minimum Gasteiger partial charge on any atom is -0.402 e. The lowest BCUT2D eigenvalue weighted by Gasteiger charge is -2.19. The second-order valence-corrected chi connectivity index (χ2v) is 9.13. The second kappa shape index (κ2) is 9.08. The summed E-state index contributed by atoms with van der Waals surface area (Å²) < 4.78 is 136. The lowest BCUT2D eigenvalue weighted by atomic mass is 9.87. The summed E-state index contributed by atoms with van der Waals surface area (Å²) in [6, 6.07) is 4.35. The fraction of sp³-hybridized carbons (Fsp3) is 0.333. The molecule has 13 heteroatoms. The predicted octanol–water partition coefficient (Wildman–Crippen LogP) is 6.96. The summed E-state index contributed by atoms with van der Waals surface area (Å²) in [5.41, 5.74) is -6.26. The highest BCUT2D eigenvalue weighted by Crippen LogP contribution is 2.42. The first kappa shape index (κ1) is 25.8. The Morgan fingerprint density at radius 3 is 2.15 bits per heavy atom. The van der Waals surface area contributed by atoms with E-state index in [0.29, 0.717) is 30.0 Å². The number of ether oxygens (including phenoxy) is 1. The quantitative estimate of drug-likeness (QED) is 0.245. The van der Waals surface area contributed by atoms with Crippen LogP contribution in [-0.4, -0.2) is 20.3 Å². The largest absolute Gasteiger partial charge is 0.573 e. The second-order valence-electron chi connectivity index (χ2n) is 7.59. The van der Waals surface area contributed by atoms with Crippen LogP contribution in [0.2, 0.25) is 0 Å². The molecule has 0 fully saturated rings. The minimum atomic E-state index is -6.52. The van der Waals surface area contributed by atoms with Crippen LogP contribution in [0.15, 0.2) is 36.4 Å². The molecule has 0 amide bonds. The Labute approximate surface area is 188 Å². The zero-order valence-corrected chi connectivity index (χ0v) is 18.0. The van der Waals surface area contributed by atoms with Gasteiger partial charge >= 0.3 is 22.0 Å². The van der Waals surface area contributed by atoms with Gasteiger partial charge in [-0.1, -0.05) is 25.1 Å². The molecular formula is C21H16F8O4S. The molecule has 0 heterocycles. The van der Waals surface area contributed by atoms with Crippen LogP contribution < -0.4 is 8.92 Å². The van der Waals surface area contributed by atoms with E-state index in [1.165, 1.54) is 6.07 Å². The molecule has 2 aromatic rings. The molecule has 0 saturated carbocycles. The van der Waals surface area contributed by atoms with Gasteiger partial charge in [-0.2, -0.15) is 26.0 Å². The van der Waals surface area contributed by atoms with Gasteiger partial charge in [0.1, 0.15) is 5.82 Å². The van der Waals surface area contributed by atoms with Crippen LogP contribution in [0.4, 0.5) is 35.1 Å². The van der Waals surface area contributed by atoms with Gasteiger partial charge in [-0.05, 0) is 54.5 Å². The third-order valence-corrected chi connectivity index (χ3v) is 6.02. The highest BCUT2D eigenvalue weighted by molar-refractivity contribution is 7.88. The molecule has 2 aromatic carbocycles. The number of hydrogen-bond donors (Lipinski definition) is 0. The molecule has 3 rings (SSSR count). The summed E-state index contributed by atoms with van der Waals surface area (Å²) in [6.07, 6.45) is -1.33. The Kier molecular flexibility index (Phi) is 6.89.